The van der Waals surface area contributed by atoms with Gasteiger partial charge in [0.05, 0.1) is 0 Å². The number of hydrogen-bond acceptors (Lipinski definition) is 3. The van der Waals surface area contributed by atoms with Gasteiger partial charge in [0, 0.05) is 24.3 Å². The Morgan fingerprint density at radius 1 is 1.50 bits per heavy atom. The number of carbonyl (C=O) groups is 2. The first kappa shape index (κ1) is 11.8. The zero-order chi connectivity index (χ0) is 11.8. The normalized spacial score (nSPS) is 28.6. The maximum absolute atomic E-state index is 12.0. The van der Waals surface area contributed by atoms with Crippen molar-refractivity contribution < 1.29 is 9.59 Å². The van der Waals surface area contributed by atoms with Gasteiger partial charge in [-0.3, -0.25) is 9.59 Å². The van der Waals surface area contributed by atoms with Crippen molar-refractivity contribution in [2.24, 2.45) is 0 Å². The van der Waals surface area contributed by atoms with Crippen LogP contribution in [0.3, 0.4) is 0 Å². The van der Waals surface area contributed by atoms with E-state index in [1.807, 2.05) is 16.7 Å². The van der Waals surface area contributed by atoms with Crippen LogP contribution in [0.1, 0.15) is 26.2 Å². The molecule has 5 heteroatoms. The lowest BCUT2D eigenvalue weighted by molar-refractivity contribution is -0.133. The first-order chi connectivity index (χ1) is 7.56. The lowest BCUT2D eigenvalue weighted by Gasteiger charge is -2.26. The van der Waals surface area contributed by atoms with Crippen molar-refractivity contribution in [3.63, 3.8) is 0 Å². The standard InChI is InChI=1S/C11H18N2O2S/c1-8-10(15)13(6-3-9(14)12-8)7-11(16-2)4-5-11/h8H,3-7H2,1-2H3,(H,12,14). The summed E-state index contributed by atoms with van der Waals surface area (Å²) in [6.45, 7) is 3.13. The van der Waals surface area contributed by atoms with E-state index < -0.39 is 0 Å². The van der Waals surface area contributed by atoms with Gasteiger partial charge in [0.2, 0.25) is 11.8 Å². The van der Waals surface area contributed by atoms with Crippen LogP contribution < -0.4 is 5.32 Å². The molecule has 0 bridgehead atoms. The van der Waals surface area contributed by atoms with E-state index in [1.54, 1.807) is 6.92 Å². The van der Waals surface area contributed by atoms with E-state index in [2.05, 4.69) is 11.6 Å². The van der Waals surface area contributed by atoms with Gasteiger partial charge in [0.25, 0.3) is 0 Å². The minimum Gasteiger partial charge on any atom is -0.345 e. The molecule has 0 spiro atoms. The van der Waals surface area contributed by atoms with Crippen LogP contribution in [0.15, 0.2) is 0 Å². The van der Waals surface area contributed by atoms with Crippen molar-refractivity contribution in [3.8, 4) is 0 Å². The number of nitrogens with one attached hydrogen (secondary N) is 1. The quantitative estimate of drug-likeness (QED) is 0.789. The number of nitrogens with zero attached hydrogens (tertiary/aromatic N) is 1. The van der Waals surface area contributed by atoms with Gasteiger partial charge < -0.3 is 10.2 Å². The molecule has 1 aliphatic carbocycles. The summed E-state index contributed by atoms with van der Waals surface area (Å²) in [4.78, 5) is 25.2. The first-order valence-corrected chi connectivity index (χ1v) is 6.92. The molecule has 0 aromatic carbocycles. The Labute approximate surface area is 100 Å². The summed E-state index contributed by atoms with van der Waals surface area (Å²) in [5.74, 6) is 0.0449. The zero-order valence-corrected chi connectivity index (χ0v) is 10.6. The van der Waals surface area contributed by atoms with E-state index in [-0.39, 0.29) is 22.6 Å². The van der Waals surface area contributed by atoms with Crippen molar-refractivity contribution in [1.82, 2.24) is 10.2 Å². The predicted octanol–water partition coefficient (Wildman–Crippen LogP) is 0.619. The maximum Gasteiger partial charge on any atom is 0.244 e. The second-order valence-corrected chi connectivity index (χ2v) is 5.96. The molecule has 1 saturated heterocycles. The lowest BCUT2D eigenvalue weighted by Crippen LogP contribution is -2.45. The maximum atomic E-state index is 12.0. The van der Waals surface area contributed by atoms with Crippen LogP contribution in [0.4, 0.5) is 0 Å². The summed E-state index contributed by atoms with van der Waals surface area (Å²) in [7, 11) is 0. The fourth-order valence-corrected chi connectivity index (χ4v) is 2.86. The third-order valence-corrected chi connectivity index (χ3v) is 4.79. The highest BCUT2D eigenvalue weighted by Gasteiger charge is 2.44. The monoisotopic (exact) mass is 242 g/mol. The Kier molecular flexibility index (Phi) is 3.15. The SMILES string of the molecule is CSC1(CN2CCC(=O)NC(C)C2=O)CC1. The van der Waals surface area contributed by atoms with Crippen molar-refractivity contribution >= 4 is 23.6 Å². The molecule has 0 aromatic rings. The molecule has 4 nitrogen and oxygen atoms in total. The highest BCUT2D eigenvalue weighted by molar-refractivity contribution is 8.00. The molecule has 1 heterocycles. The summed E-state index contributed by atoms with van der Waals surface area (Å²) in [5, 5.41) is 2.71. The summed E-state index contributed by atoms with van der Waals surface area (Å²) in [6.07, 6.45) is 4.91. The van der Waals surface area contributed by atoms with Crippen molar-refractivity contribution in [2.45, 2.75) is 37.0 Å². The average Bonchev–Trinajstić information content (AvgIpc) is 3.03. The molecule has 90 valence electrons. The number of rotatable bonds is 3. The molecule has 0 radical (unpaired) electrons. The van der Waals surface area contributed by atoms with E-state index in [0.717, 1.165) is 6.54 Å². The molecular formula is C11H18N2O2S. The highest BCUT2D eigenvalue weighted by Crippen LogP contribution is 2.47. The fourth-order valence-electron chi connectivity index (χ4n) is 2.07. The molecule has 2 fully saturated rings. The van der Waals surface area contributed by atoms with Gasteiger partial charge in [-0.2, -0.15) is 11.8 Å². The molecule has 2 rings (SSSR count). The Bertz CT molecular complexity index is 315. The minimum absolute atomic E-state index is 0.0163. The van der Waals surface area contributed by atoms with Crippen molar-refractivity contribution in [3.05, 3.63) is 0 Å². The van der Waals surface area contributed by atoms with Gasteiger partial charge in [0.15, 0.2) is 0 Å². The van der Waals surface area contributed by atoms with Crippen LogP contribution in [-0.2, 0) is 9.59 Å². The van der Waals surface area contributed by atoms with Crippen LogP contribution >= 0.6 is 11.8 Å². The number of amides is 2. The summed E-state index contributed by atoms with van der Waals surface area (Å²) >= 11 is 1.84. The highest BCUT2D eigenvalue weighted by atomic mass is 32.2. The van der Waals surface area contributed by atoms with E-state index in [4.69, 9.17) is 0 Å². The van der Waals surface area contributed by atoms with Crippen LogP contribution in [0.25, 0.3) is 0 Å². The molecular weight excluding hydrogens is 224 g/mol. The van der Waals surface area contributed by atoms with Gasteiger partial charge in [0.1, 0.15) is 6.04 Å². The third kappa shape index (κ3) is 2.34. The molecule has 1 atom stereocenters. The van der Waals surface area contributed by atoms with Crippen molar-refractivity contribution in [1.29, 1.82) is 0 Å². The topological polar surface area (TPSA) is 49.4 Å². The van der Waals surface area contributed by atoms with Gasteiger partial charge in [-0.05, 0) is 26.0 Å². The average molecular weight is 242 g/mol. The van der Waals surface area contributed by atoms with E-state index in [9.17, 15) is 9.59 Å². The van der Waals surface area contributed by atoms with Gasteiger partial charge in [-0.15, -0.1) is 0 Å². The minimum atomic E-state index is -0.368. The Hall–Kier alpha value is -0.710. The van der Waals surface area contributed by atoms with Crippen LogP contribution in [0.2, 0.25) is 0 Å². The van der Waals surface area contributed by atoms with E-state index in [1.165, 1.54) is 12.8 Å². The Morgan fingerprint density at radius 2 is 2.19 bits per heavy atom. The third-order valence-electron chi connectivity index (χ3n) is 3.39. The second kappa shape index (κ2) is 4.28. The van der Waals surface area contributed by atoms with E-state index >= 15 is 0 Å². The van der Waals surface area contributed by atoms with Gasteiger partial charge in [-0.1, -0.05) is 0 Å². The lowest BCUT2D eigenvalue weighted by atomic mass is 10.2. The Balaban J connectivity index is 2.02. The second-order valence-electron chi connectivity index (χ2n) is 4.69. The molecule has 1 saturated carbocycles. The molecule has 1 unspecified atom stereocenters. The van der Waals surface area contributed by atoms with Crippen molar-refractivity contribution in [2.75, 3.05) is 19.3 Å². The van der Waals surface area contributed by atoms with Crippen LogP contribution in [0, 0.1) is 0 Å². The molecule has 16 heavy (non-hydrogen) atoms. The smallest absolute Gasteiger partial charge is 0.244 e. The first-order valence-electron chi connectivity index (χ1n) is 5.70. The largest absolute Gasteiger partial charge is 0.345 e. The molecule has 0 aromatic heterocycles. The molecule has 1 N–H and O–H groups in total. The number of thioether (sulfide) groups is 1. The summed E-state index contributed by atoms with van der Waals surface area (Å²) in [5.41, 5.74) is 0. The predicted molar refractivity (Wildman–Crippen MR) is 64.3 cm³/mol. The van der Waals surface area contributed by atoms with Crippen LogP contribution in [-0.4, -0.2) is 46.8 Å². The molecule has 1 aliphatic heterocycles. The van der Waals surface area contributed by atoms with Gasteiger partial charge in [-0.25, -0.2) is 0 Å². The molecule has 2 amide bonds. The summed E-state index contributed by atoms with van der Waals surface area (Å²) < 4.78 is 0.281. The zero-order valence-electron chi connectivity index (χ0n) is 9.78. The van der Waals surface area contributed by atoms with Crippen LogP contribution in [0.5, 0.6) is 0 Å². The van der Waals surface area contributed by atoms with E-state index in [0.29, 0.717) is 13.0 Å². The van der Waals surface area contributed by atoms with Gasteiger partial charge >= 0.3 is 0 Å². The fraction of sp³-hybridized carbons (Fsp3) is 0.818. The number of hydrogen-bond donors (Lipinski definition) is 1. The molecule has 2 aliphatic rings. The number of carbonyl (C=O) groups excluding carboxylic acids is 2. The summed E-state index contributed by atoms with van der Waals surface area (Å²) in [6, 6.07) is -0.368. The Morgan fingerprint density at radius 3 is 2.75 bits per heavy atom.